The molecule has 12 nitrogen and oxygen atoms in total. The number of nitrogens with zero attached hydrogens (tertiary/aromatic N) is 3. The summed E-state index contributed by atoms with van der Waals surface area (Å²) in [4.78, 5) is 48.2. The summed E-state index contributed by atoms with van der Waals surface area (Å²) >= 11 is 0. The Balaban J connectivity index is 0.00000288. The summed E-state index contributed by atoms with van der Waals surface area (Å²) < 4.78 is 0. The number of carboxylic acids is 1. The smallest absolute Gasteiger partial charge is 0.326 e. The number of amides is 2. The van der Waals surface area contributed by atoms with E-state index in [1.54, 1.807) is 0 Å². The van der Waals surface area contributed by atoms with E-state index < -0.39 is 23.8 Å². The number of nitrogens with one attached hydrogen (secondary N) is 3. The van der Waals surface area contributed by atoms with E-state index in [1.807, 2.05) is 0 Å². The van der Waals surface area contributed by atoms with Crippen LogP contribution in [0.5, 0.6) is 0 Å². The Bertz CT molecular complexity index is 731. The zero-order valence-electron chi connectivity index (χ0n) is 12.4. The molecule has 0 unspecified atom stereocenters. The second kappa shape index (κ2) is 8.38. The Kier molecular flexibility index (Phi) is 6.55. The van der Waals surface area contributed by atoms with E-state index >= 15 is 0 Å². The molecule has 2 aromatic rings. The SMILES string of the molecule is NC(=O)CC[C@H](NC(=O)CNc1ncnc2nc[nH]c12)C(=O)O.O. The van der Waals surface area contributed by atoms with Crippen molar-refractivity contribution in [2.75, 3.05) is 11.9 Å². The van der Waals surface area contributed by atoms with Crippen LogP contribution in [0.3, 0.4) is 0 Å². The lowest BCUT2D eigenvalue weighted by Gasteiger charge is -2.14. The third-order valence-electron chi connectivity index (χ3n) is 2.95. The van der Waals surface area contributed by atoms with Crippen molar-refractivity contribution in [1.82, 2.24) is 25.3 Å². The van der Waals surface area contributed by atoms with Crippen molar-refractivity contribution in [2.45, 2.75) is 18.9 Å². The van der Waals surface area contributed by atoms with Crippen LogP contribution in [0.15, 0.2) is 12.7 Å². The summed E-state index contributed by atoms with van der Waals surface area (Å²) in [6.07, 6.45) is 2.52. The predicted molar refractivity (Wildman–Crippen MR) is 81.8 cm³/mol. The molecule has 130 valence electrons. The maximum absolute atomic E-state index is 11.8. The molecule has 0 aliphatic rings. The number of aliphatic carboxylic acids is 1. The lowest BCUT2D eigenvalue weighted by atomic mass is 10.1. The standard InChI is InChI=1S/C12H15N7O4.H2O/c13-7(20)2-1-6(12(22)23)19-8(21)3-14-10-9-11(16-4-15-9)18-5-17-10;/h4-6H,1-3H2,(H2,13,20)(H,19,21)(H,22,23)(H2,14,15,16,17,18);1H2/t6-;/m0./s1. The molecule has 0 aromatic carbocycles. The Hall–Kier alpha value is -3.28. The summed E-state index contributed by atoms with van der Waals surface area (Å²) in [5.41, 5.74) is 5.94. The van der Waals surface area contributed by atoms with E-state index in [-0.39, 0.29) is 24.9 Å². The molecule has 0 saturated heterocycles. The fraction of sp³-hybridized carbons (Fsp3) is 0.333. The first-order chi connectivity index (χ1) is 11.0. The first-order valence-electron chi connectivity index (χ1n) is 6.66. The van der Waals surface area contributed by atoms with Crippen LogP contribution in [-0.4, -0.2) is 60.9 Å². The molecule has 2 rings (SSSR count). The van der Waals surface area contributed by atoms with Crippen molar-refractivity contribution in [3.05, 3.63) is 12.7 Å². The maximum atomic E-state index is 11.8. The Morgan fingerprint density at radius 2 is 2.04 bits per heavy atom. The minimum absolute atomic E-state index is 0. The fourth-order valence-corrected chi connectivity index (χ4v) is 1.85. The first kappa shape index (κ1) is 18.8. The number of nitrogens with two attached hydrogens (primary N) is 1. The molecule has 2 aromatic heterocycles. The number of H-pyrrole nitrogens is 1. The third kappa shape index (κ3) is 4.88. The molecule has 1 atom stereocenters. The number of fused-ring (bicyclic) bond motifs is 1. The number of anilines is 1. The van der Waals surface area contributed by atoms with E-state index in [2.05, 4.69) is 30.6 Å². The van der Waals surface area contributed by atoms with Gasteiger partial charge in [-0.2, -0.15) is 0 Å². The molecule has 0 aliphatic heterocycles. The molecule has 0 bridgehead atoms. The van der Waals surface area contributed by atoms with E-state index in [0.717, 1.165) is 0 Å². The zero-order chi connectivity index (χ0) is 16.8. The normalized spacial score (nSPS) is 11.3. The van der Waals surface area contributed by atoms with Crippen molar-refractivity contribution in [3.8, 4) is 0 Å². The van der Waals surface area contributed by atoms with Gasteiger partial charge in [-0.3, -0.25) is 9.59 Å². The van der Waals surface area contributed by atoms with Gasteiger partial charge < -0.3 is 31.9 Å². The van der Waals surface area contributed by atoms with Gasteiger partial charge in [-0.05, 0) is 6.42 Å². The molecule has 24 heavy (non-hydrogen) atoms. The van der Waals surface area contributed by atoms with Crippen LogP contribution in [-0.2, 0) is 14.4 Å². The monoisotopic (exact) mass is 339 g/mol. The average molecular weight is 339 g/mol. The first-order valence-corrected chi connectivity index (χ1v) is 6.66. The molecule has 0 aliphatic carbocycles. The van der Waals surface area contributed by atoms with Gasteiger partial charge in [0.25, 0.3) is 0 Å². The lowest BCUT2D eigenvalue weighted by Crippen LogP contribution is -2.43. The van der Waals surface area contributed by atoms with Crippen LogP contribution >= 0.6 is 0 Å². The minimum Gasteiger partial charge on any atom is -0.480 e. The van der Waals surface area contributed by atoms with Crippen molar-refractivity contribution >= 4 is 34.8 Å². The number of rotatable bonds is 8. The van der Waals surface area contributed by atoms with Gasteiger partial charge in [0.2, 0.25) is 11.8 Å². The molecule has 12 heteroatoms. The van der Waals surface area contributed by atoms with Crippen LogP contribution in [0.1, 0.15) is 12.8 Å². The van der Waals surface area contributed by atoms with Crippen LogP contribution in [0.2, 0.25) is 0 Å². The van der Waals surface area contributed by atoms with Crippen LogP contribution in [0.4, 0.5) is 5.82 Å². The molecule has 2 heterocycles. The second-order valence-corrected chi connectivity index (χ2v) is 4.64. The largest absolute Gasteiger partial charge is 0.480 e. The maximum Gasteiger partial charge on any atom is 0.326 e. The number of hydrogen-bond donors (Lipinski definition) is 5. The Morgan fingerprint density at radius 3 is 2.71 bits per heavy atom. The van der Waals surface area contributed by atoms with Gasteiger partial charge in [0.1, 0.15) is 17.9 Å². The molecule has 0 radical (unpaired) electrons. The molecule has 0 fully saturated rings. The molecular weight excluding hydrogens is 322 g/mol. The van der Waals surface area contributed by atoms with Crippen LogP contribution in [0.25, 0.3) is 11.2 Å². The van der Waals surface area contributed by atoms with Crippen LogP contribution < -0.4 is 16.4 Å². The molecular formula is C12H17N7O5. The summed E-state index contributed by atoms with van der Waals surface area (Å²) in [6, 6.07) is -1.19. The number of primary amides is 1. The Morgan fingerprint density at radius 1 is 1.29 bits per heavy atom. The van der Waals surface area contributed by atoms with Gasteiger partial charge in [0.05, 0.1) is 12.9 Å². The van der Waals surface area contributed by atoms with Crippen molar-refractivity contribution < 1.29 is 25.0 Å². The zero-order valence-corrected chi connectivity index (χ0v) is 12.4. The number of carbonyl (C=O) groups excluding carboxylic acids is 2. The van der Waals surface area contributed by atoms with Gasteiger partial charge in [-0.15, -0.1) is 0 Å². The number of carbonyl (C=O) groups is 3. The van der Waals surface area contributed by atoms with Crippen molar-refractivity contribution in [3.63, 3.8) is 0 Å². The van der Waals surface area contributed by atoms with Gasteiger partial charge >= 0.3 is 5.97 Å². The van der Waals surface area contributed by atoms with Gasteiger partial charge in [0, 0.05) is 6.42 Å². The molecule has 8 N–H and O–H groups in total. The van der Waals surface area contributed by atoms with Crippen molar-refractivity contribution in [1.29, 1.82) is 0 Å². The fourth-order valence-electron chi connectivity index (χ4n) is 1.85. The van der Waals surface area contributed by atoms with Crippen molar-refractivity contribution in [2.24, 2.45) is 5.73 Å². The summed E-state index contributed by atoms with van der Waals surface area (Å²) in [5, 5.41) is 14.1. The summed E-state index contributed by atoms with van der Waals surface area (Å²) in [5.74, 6) is -2.07. The van der Waals surface area contributed by atoms with E-state index in [0.29, 0.717) is 17.0 Å². The molecule has 2 amide bonds. The topological polar surface area (TPSA) is 207 Å². The number of carboxylic acid groups (broad SMARTS) is 1. The highest BCUT2D eigenvalue weighted by molar-refractivity contribution is 5.88. The highest BCUT2D eigenvalue weighted by Crippen LogP contribution is 2.13. The lowest BCUT2D eigenvalue weighted by molar-refractivity contribution is -0.141. The van der Waals surface area contributed by atoms with Gasteiger partial charge in [-0.25, -0.2) is 19.7 Å². The third-order valence-corrected chi connectivity index (χ3v) is 2.95. The van der Waals surface area contributed by atoms with Gasteiger partial charge in [-0.1, -0.05) is 0 Å². The quantitative estimate of drug-likeness (QED) is 0.354. The minimum atomic E-state index is -1.24. The molecule has 0 spiro atoms. The Labute approximate surface area is 135 Å². The number of hydrogen-bond acceptors (Lipinski definition) is 7. The number of aromatic amines is 1. The molecule has 0 saturated carbocycles. The summed E-state index contributed by atoms with van der Waals surface area (Å²) in [7, 11) is 0. The van der Waals surface area contributed by atoms with Gasteiger partial charge in [0.15, 0.2) is 11.5 Å². The highest BCUT2D eigenvalue weighted by Gasteiger charge is 2.20. The number of imidazole rings is 1. The predicted octanol–water partition coefficient (Wildman–Crippen LogP) is -2.22. The van der Waals surface area contributed by atoms with Crippen LogP contribution in [0, 0.1) is 0 Å². The number of aromatic nitrogens is 4. The van der Waals surface area contributed by atoms with E-state index in [4.69, 9.17) is 10.8 Å². The van der Waals surface area contributed by atoms with E-state index in [1.165, 1.54) is 12.7 Å². The summed E-state index contributed by atoms with van der Waals surface area (Å²) in [6.45, 7) is -0.203. The average Bonchev–Trinajstić information content (AvgIpc) is 2.97. The highest BCUT2D eigenvalue weighted by atomic mass is 16.4. The van der Waals surface area contributed by atoms with E-state index in [9.17, 15) is 14.4 Å². The second-order valence-electron chi connectivity index (χ2n) is 4.64.